The van der Waals surface area contributed by atoms with Crippen LogP contribution in [0.2, 0.25) is 0 Å². The number of nitrogens with zero attached hydrogens (tertiary/aromatic N) is 2. The van der Waals surface area contributed by atoms with Gasteiger partial charge < -0.3 is 10.2 Å². The van der Waals surface area contributed by atoms with Crippen LogP contribution in [0.15, 0.2) is 24.3 Å². The van der Waals surface area contributed by atoms with Gasteiger partial charge in [0.25, 0.3) is 0 Å². The summed E-state index contributed by atoms with van der Waals surface area (Å²) >= 11 is 0. The first kappa shape index (κ1) is 22.0. The molecule has 1 aromatic rings. The van der Waals surface area contributed by atoms with Gasteiger partial charge in [0.2, 0.25) is 5.91 Å². The van der Waals surface area contributed by atoms with Crippen molar-refractivity contribution in [3.63, 3.8) is 0 Å². The van der Waals surface area contributed by atoms with Gasteiger partial charge in [0, 0.05) is 51.2 Å². The monoisotopic (exact) mass is 405 g/mol. The van der Waals surface area contributed by atoms with Crippen LogP contribution >= 0.6 is 12.4 Å². The number of benzene rings is 1. The van der Waals surface area contributed by atoms with Gasteiger partial charge in [-0.3, -0.25) is 9.69 Å². The van der Waals surface area contributed by atoms with Gasteiger partial charge in [0.1, 0.15) is 0 Å². The van der Waals surface area contributed by atoms with Gasteiger partial charge in [-0.25, -0.2) is 0 Å². The molecule has 8 heteroatoms. The fourth-order valence-corrected chi connectivity index (χ4v) is 3.91. The molecule has 27 heavy (non-hydrogen) atoms. The molecule has 2 aliphatic rings. The average Bonchev–Trinajstić information content (AvgIpc) is 3.11. The van der Waals surface area contributed by atoms with Gasteiger partial charge in [-0.15, -0.1) is 12.4 Å². The van der Waals surface area contributed by atoms with E-state index < -0.39 is 11.7 Å². The Bertz CT molecular complexity index is 635. The van der Waals surface area contributed by atoms with E-state index in [2.05, 4.69) is 10.2 Å². The van der Waals surface area contributed by atoms with Crippen LogP contribution in [0.5, 0.6) is 0 Å². The summed E-state index contributed by atoms with van der Waals surface area (Å²) in [6.45, 7) is 7.25. The van der Waals surface area contributed by atoms with E-state index in [4.69, 9.17) is 0 Å². The predicted molar refractivity (Wildman–Crippen MR) is 101 cm³/mol. The van der Waals surface area contributed by atoms with Crippen molar-refractivity contribution >= 4 is 18.3 Å². The van der Waals surface area contributed by atoms with Crippen LogP contribution in [-0.4, -0.2) is 61.0 Å². The summed E-state index contributed by atoms with van der Waals surface area (Å²) in [5, 5.41) is 3.33. The van der Waals surface area contributed by atoms with Crippen LogP contribution in [0.1, 0.15) is 24.5 Å². The Labute approximate surface area is 164 Å². The third kappa shape index (κ3) is 5.59. The standard InChI is InChI=1S/C19H26F3N3O.ClH/c1-14(11-15-3-2-4-16(12-15)19(20,21)22)18(26)25-8-5-17(13-25)24-9-6-23-7-10-24;/h2-4,12,14,17,23H,5-11,13H2,1H3;1H. The summed E-state index contributed by atoms with van der Waals surface area (Å²) in [4.78, 5) is 17.0. The molecule has 2 aliphatic heterocycles. The SMILES string of the molecule is CC(Cc1cccc(C(F)(F)F)c1)C(=O)N1CCC(N2CCNCC2)C1.Cl. The lowest BCUT2D eigenvalue weighted by Crippen LogP contribution is -2.49. The van der Waals surface area contributed by atoms with Gasteiger partial charge in [0.15, 0.2) is 0 Å². The van der Waals surface area contributed by atoms with Crippen LogP contribution in [0.4, 0.5) is 13.2 Å². The van der Waals surface area contributed by atoms with E-state index in [1.54, 1.807) is 13.0 Å². The third-order valence-electron chi connectivity index (χ3n) is 5.36. The van der Waals surface area contributed by atoms with Crippen molar-refractivity contribution in [3.05, 3.63) is 35.4 Å². The van der Waals surface area contributed by atoms with Crippen LogP contribution in [-0.2, 0) is 17.4 Å². The summed E-state index contributed by atoms with van der Waals surface area (Å²) in [5.74, 6) is -0.277. The molecule has 1 amide bonds. The number of carbonyl (C=O) groups excluding carboxylic acids is 1. The average molecular weight is 406 g/mol. The number of hydrogen-bond acceptors (Lipinski definition) is 3. The smallest absolute Gasteiger partial charge is 0.341 e. The fourth-order valence-electron chi connectivity index (χ4n) is 3.91. The second kappa shape index (κ2) is 9.26. The zero-order valence-corrected chi connectivity index (χ0v) is 16.3. The van der Waals surface area contributed by atoms with E-state index in [1.165, 1.54) is 6.07 Å². The second-order valence-electron chi connectivity index (χ2n) is 7.32. The number of halogens is 4. The van der Waals surface area contributed by atoms with Crippen LogP contribution < -0.4 is 5.32 Å². The molecule has 0 aromatic heterocycles. The Morgan fingerprint density at radius 3 is 2.63 bits per heavy atom. The maximum Gasteiger partial charge on any atom is 0.416 e. The van der Waals surface area contributed by atoms with Crippen molar-refractivity contribution < 1.29 is 18.0 Å². The number of rotatable bonds is 4. The summed E-state index contributed by atoms with van der Waals surface area (Å²) in [6, 6.07) is 5.69. The molecule has 2 heterocycles. The van der Waals surface area contributed by atoms with Gasteiger partial charge in [-0.1, -0.05) is 25.1 Å². The molecule has 2 fully saturated rings. The Morgan fingerprint density at radius 1 is 1.26 bits per heavy atom. The van der Waals surface area contributed by atoms with Gasteiger partial charge in [0.05, 0.1) is 5.56 Å². The number of carbonyl (C=O) groups is 1. The number of alkyl halides is 3. The van der Waals surface area contributed by atoms with Crippen LogP contribution in [0.25, 0.3) is 0 Å². The summed E-state index contributed by atoms with van der Waals surface area (Å²) in [6.07, 6.45) is -3.05. The first-order chi connectivity index (χ1) is 12.3. The molecule has 3 rings (SSSR count). The highest BCUT2D eigenvalue weighted by Gasteiger charge is 2.33. The third-order valence-corrected chi connectivity index (χ3v) is 5.36. The number of piperazine rings is 1. The molecule has 2 saturated heterocycles. The van der Waals surface area contributed by atoms with Gasteiger partial charge >= 0.3 is 6.18 Å². The molecule has 1 aromatic carbocycles. The molecule has 4 nitrogen and oxygen atoms in total. The summed E-state index contributed by atoms with van der Waals surface area (Å²) in [7, 11) is 0. The summed E-state index contributed by atoms with van der Waals surface area (Å²) in [5.41, 5.74) is -0.104. The van der Waals surface area contributed by atoms with Crippen molar-refractivity contribution in [3.8, 4) is 0 Å². The van der Waals surface area contributed by atoms with Crippen molar-refractivity contribution in [1.82, 2.24) is 15.1 Å². The van der Waals surface area contributed by atoms with E-state index in [0.29, 0.717) is 18.0 Å². The zero-order chi connectivity index (χ0) is 18.7. The molecule has 2 atom stereocenters. The maximum atomic E-state index is 12.8. The minimum Gasteiger partial charge on any atom is -0.341 e. The highest BCUT2D eigenvalue weighted by molar-refractivity contribution is 5.85. The predicted octanol–water partition coefficient (Wildman–Crippen LogP) is 2.81. The second-order valence-corrected chi connectivity index (χ2v) is 7.32. The van der Waals surface area contributed by atoms with Crippen molar-refractivity contribution in [2.75, 3.05) is 39.3 Å². The molecule has 0 aliphatic carbocycles. The lowest BCUT2D eigenvalue weighted by atomic mass is 9.98. The van der Waals surface area contributed by atoms with E-state index >= 15 is 0 Å². The van der Waals surface area contributed by atoms with Crippen LogP contribution in [0, 0.1) is 5.92 Å². The highest BCUT2D eigenvalue weighted by Crippen LogP contribution is 2.30. The molecule has 0 saturated carbocycles. The Balaban J connectivity index is 0.00000261. The lowest BCUT2D eigenvalue weighted by Gasteiger charge is -2.32. The van der Waals surface area contributed by atoms with Crippen molar-refractivity contribution in [2.45, 2.75) is 32.0 Å². The normalized spacial score (nSPS) is 22.4. The minimum atomic E-state index is -4.35. The topological polar surface area (TPSA) is 35.6 Å². The molecule has 0 bridgehead atoms. The minimum absolute atomic E-state index is 0. The summed E-state index contributed by atoms with van der Waals surface area (Å²) < 4.78 is 38.5. The Morgan fingerprint density at radius 2 is 1.96 bits per heavy atom. The fraction of sp³-hybridized carbons (Fsp3) is 0.632. The van der Waals surface area contributed by atoms with Gasteiger partial charge in [-0.05, 0) is 24.5 Å². The molecule has 2 unspecified atom stereocenters. The molecule has 152 valence electrons. The van der Waals surface area contributed by atoms with E-state index in [9.17, 15) is 18.0 Å². The number of amides is 1. The van der Waals surface area contributed by atoms with E-state index in [-0.39, 0.29) is 24.2 Å². The highest BCUT2D eigenvalue weighted by atomic mass is 35.5. The van der Waals surface area contributed by atoms with Crippen molar-refractivity contribution in [1.29, 1.82) is 0 Å². The molecule has 0 spiro atoms. The van der Waals surface area contributed by atoms with Gasteiger partial charge in [-0.2, -0.15) is 13.2 Å². The Kier molecular flexibility index (Phi) is 7.54. The molecule has 1 N–H and O–H groups in total. The lowest BCUT2D eigenvalue weighted by molar-refractivity contribution is -0.137. The first-order valence-corrected chi connectivity index (χ1v) is 9.24. The molecular weight excluding hydrogens is 379 g/mol. The van der Waals surface area contributed by atoms with E-state index in [1.807, 2.05) is 4.90 Å². The molecule has 0 radical (unpaired) electrons. The largest absolute Gasteiger partial charge is 0.416 e. The quantitative estimate of drug-likeness (QED) is 0.836. The Hall–Kier alpha value is -1.31. The van der Waals surface area contributed by atoms with Crippen LogP contribution in [0.3, 0.4) is 0 Å². The first-order valence-electron chi connectivity index (χ1n) is 9.24. The molecular formula is C19H27ClF3N3O. The van der Waals surface area contributed by atoms with Crippen molar-refractivity contribution in [2.24, 2.45) is 5.92 Å². The number of nitrogens with one attached hydrogen (secondary N) is 1. The number of likely N-dealkylation sites (tertiary alicyclic amines) is 1. The maximum absolute atomic E-state index is 12.8. The zero-order valence-electron chi connectivity index (χ0n) is 15.5. The number of hydrogen-bond donors (Lipinski definition) is 1. The van der Waals surface area contributed by atoms with E-state index in [0.717, 1.165) is 57.8 Å².